The first-order valence-electron chi connectivity index (χ1n) is 9.95. The van der Waals surface area contributed by atoms with Crippen LogP contribution in [-0.2, 0) is 6.54 Å². The lowest BCUT2D eigenvalue weighted by molar-refractivity contribution is 0.112. The van der Waals surface area contributed by atoms with E-state index < -0.39 is 0 Å². The third kappa shape index (κ3) is 4.07. The van der Waals surface area contributed by atoms with E-state index in [2.05, 4.69) is 43.4 Å². The second-order valence-electron chi connectivity index (χ2n) is 7.00. The summed E-state index contributed by atoms with van der Waals surface area (Å²) in [5.41, 5.74) is 12.2. The summed E-state index contributed by atoms with van der Waals surface area (Å²) in [6.07, 6.45) is 0.855. The number of carbonyl (C=O) groups excluding carboxylic acids is 1. The van der Waals surface area contributed by atoms with Gasteiger partial charge in [0.15, 0.2) is 6.29 Å². The molecular weight excluding hydrogens is 407 g/mol. The molecule has 0 fully saturated rings. The molecular formula is C24H23N4O2P. The first kappa shape index (κ1) is 20.8. The van der Waals surface area contributed by atoms with Gasteiger partial charge in [0.1, 0.15) is 5.84 Å². The highest BCUT2D eigenvalue weighted by Gasteiger charge is 2.15. The zero-order chi connectivity index (χ0) is 21.8. The first-order chi connectivity index (χ1) is 15.2. The van der Waals surface area contributed by atoms with E-state index in [-0.39, 0.29) is 0 Å². The predicted molar refractivity (Wildman–Crippen MR) is 128 cm³/mol. The molecule has 0 saturated carbocycles. The Morgan fingerprint density at radius 2 is 1.90 bits per heavy atom. The van der Waals surface area contributed by atoms with Crippen LogP contribution in [-0.4, -0.2) is 28.3 Å². The van der Waals surface area contributed by atoms with E-state index in [0.29, 0.717) is 30.6 Å². The molecule has 0 radical (unpaired) electrons. The zero-order valence-electron chi connectivity index (χ0n) is 17.2. The third-order valence-corrected chi connectivity index (χ3v) is 5.39. The number of hydrogen-bond donors (Lipinski definition) is 1. The topological polar surface area (TPSA) is 82.5 Å². The van der Waals surface area contributed by atoms with Crippen molar-refractivity contribution in [1.82, 2.24) is 9.55 Å². The lowest BCUT2D eigenvalue weighted by Gasteiger charge is -2.12. The maximum atomic E-state index is 11.6. The number of imidazole rings is 1. The summed E-state index contributed by atoms with van der Waals surface area (Å²) in [5.74, 6) is 0.470. The van der Waals surface area contributed by atoms with E-state index in [4.69, 9.17) is 10.5 Å². The number of fused-ring (bicyclic) bond motifs is 1. The van der Waals surface area contributed by atoms with Gasteiger partial charge >= 0.3 is 0 Å². The van der Waals surface area contributed by atoms with Crippen molar-refractivity contribution in [1.29, 1.82) is 0 Å². The van der Waals surface area contributed by atoms with E-state index in [1.54, 1.807) is 6.07 Å². The molecule has 1 aromatic heterocycles. The van der Waals surface area contributed by atoms with Crippen LogP contribution in [0.15, 0.2) is 71.5 Å². The van der Waals surface area contributed by atoms with Crippen molar-refractivity contribution in [2.45, 2.75) is 13.5 Å². The number of ether oxygens (including phenoxy) is 1. The van der Waals surface area contributed by atoms with Crippen molar-refractivity contribution in [2.75, 3.05) is 6.61 Å². The molecule has 0 amide bonds. The lowest BCUT2D eigenvalue weighted by Crippen LogP contribution is -2.13. The van der Waals surface area contributed by atoms with Crippen LogP contribution in [0.1, 0.15) is 28.4 Å². The molecule has 0 aliphatic rings. The number of rotatable bonds is 7. The van der Waals surface area contributed by atoms with Gasteiger partial charge in [0.25, 0.3) is 6.01 Å². The number of benzene rings is 3. The molecule has 7 heteroatoms. The highest BCUT2D eigenvalue weighted by Crippen LogP contribution is 2.28. The Kier molecular flexibility index (Phi) is 6.10. The molecule has 6 nitrogen and oxygen atoms in total. The fourth-order valence-electron chi connectivity index (χ4n) is 3.67. The van der Waals surface area contributed by atoms with Crippen LogP contribution in [0.25, 0.3) is 22.2 Å². The van der Waals surface area contributed by atoms with Crippen LogP contribution in [0.2, 0.25) is 0 Å². The Balaban J connectivity index is 1.72. The maximum absolute atomic E-state index is 11.6. The zero-order valence-corrected chi connectivity index (χ0v) is 18.3. The summed E-state index contributed by atoms with van der Waals surface area (Å²) < 4.78 is 11.7. The van der Waals surface area contributed by atoms with Crippen molar-refractivity contribution >= 4 is 32.5 Å². The summed E-state index contributed by atoms with van der Waals surface area (Å²) in [6.45, 7) is 2.95. The van der Waals surface area contributed by atoms with Crippen molar-refractivity contribution in [3.8, 4) is 17.1 Å². The maximum Gasteiger partial charge on any atom is 0.297 e. The van der Waals surface area contributed by atoms with E-state index >= 15 is 0 Å². The van der Waals surface area contributed by atoms with Gasteiger partial charge < -0.3 is 10.5 Å². The van der Waals surface area contributed by atoms with Crippen LogP contribution in [0.5, 0.6) is 6.01 Å². The van der Waals surface area contributed by atoms with Gasteiger partial charge in [-0.25, -0.2) is 0 Å². The fraction of sp³-hybridized carbons (Fsp3) is 0.125. The number of aldehydes is 1. The molecule has 0 spiro atoms. The average molecular weight is 430 g/mol. The SMILES string of the molecule is CCOc1nc2cccc(C=O)c2n1Cc1ccc(-c2ccccc2/C(N)=N/P)cc1. The molecule has 156 valence electrons. The molecule has 1 unspecified atom stereocenters. The largest absolute Gasteiger partial charge is 0.465 e. The molecule has 0 aliphatic heterocycles. The van der Waals surface area contributed by atoms with Crippen molar-refractivity contribution in [3.63, 3.8) is 0 Å². The Morgan fingerprint density at radius 3 is 2.61 bits per heavy atom. The Morgan fingerprint density at radius 1 is 1.13 bits per heavy atom. The summed E-state index contributed by atoms with van der Waals surface area (Å²) in [4.78, 5) is 16.2. The molecule has 3 aromatic carbocycles. The van der Waals surface area contributed by atoms with Crippen LogP contribution < -0.4 is 10.5 Å². The molecule has 0 saturated heterocycles. The molecule has 4 aromatic rings. The average Bonchev–Trinajstić information content (AvgIpc) is 3.16. The third-order valence-electron chi connectivity index (χ3n) is 5.11. The minimum Gasteiger partial charge on any atom is -0.465 e. The van der Waals surface area contributed by atoms with Crippen LogP contribution in [0.4, 0.5) is 0 Å². The number of carbonyl (C=O) groups is 1. The van der Waals surface area contributed by atoms with E-state index in [1.165, 1.54) is 0 Å². The summed E-state index contributed by atoms with van der Waals surface area (Å²) in [5, 5.41) is 0. The summed E-state index contributed by atoms with van der Waals surface area (Å²) in [7, 11) is 2.30. The number of nitrogens with two attached hydrogens (primary N) is 1. The minimum atomic E-state index is 0.470. The van der Waals surface area contributed by atoms with Crippen LogP contribution >= 0.6 is 9.39 Å². The monoisotopic (exact) mass is 430 g/mol. The molecule has 31 heavy (non-hydrogen) atoms. The highest BCUT2D eigenvalue weighted by molar-refractivity contribution is 7.15. The van der Waals surface area contributed by atoms with E-state index in [1.807, 2.05) is 47.9 Å². The van der Waals surface area contributed by atoms with Gasteiger partial charge in [-0.05, 0) is 45.1 Å². The molecule has 2 N–H and O–H groups in total. The van der Waals surface area contributed by atoms with Gasteiger partial charge in [-0.2, -0.15) is 4.98 Å². The molecule has 1 heterocycles. The lowest BCUT2D eigenvalue weighted by atomic mass is 9.98. The Labute approximate surface area is 183 Å². The van der Waals surface area contributed by atoms with Gasteiger partial charge in [-0.15, -0.1) is 0 Å². The first-order valence-corrected chi connectivity index (χ1v) is 10.5. The number of aromatic nitrogens is 2. The number of amidine groups is 1. The highest BCUT2D eigenvalue weighted by atomic mass is 31.0. The molecule has 4 rings (SSSR count). The van der Waals surface area contributed by atoms with Crippen molar-refractivity contribution < 1.29 is 9.53 Å². The summed E-state index contributed by atoms with van der Waals surface area (Å²) in [6, 6.07) is 22.2. The van der Waals surface area contributed by atoms with Gasteiger partial charge in [-0.3, -0.25) is 14.1 Å². The number of para-hydroxylation sites is 1. The quantitative estimate of drug-likeness (QED) is 0.203. The van der Waals surface area contributed by atoms with Crippen molar-refractivity contribution in [2.24, 2.45) is 10.5 Å². The Hall–Kier alpha value is -3.50. The normalized spacial score (nSPS) is 11.6. The van der Waals surface area contributed by atoms with Gasteiger partial charge in [0.2, 0.25) is 0 Å². The Bertz CT molecular complexity index is 1260. The van der Waals surface area contributed by atoms with E-state index in [0.717, 1.165) is 39.6 Å². The fourth-order valence-corrected chi connectivity index (χ4v) is 3.81. The second-order valence-corrected chi connectivity index (χ2v) is 7.26. The number of nitrogens with zero attached hydrogens (tertiary/aromatic N) is 3. The smallest absolute Gasteiger partial charge is 0.297 e. The number of hydrogen-bond acceptors (Lipinski definition) is 4. The van der Waals surface area contributed by atoms with Gasteiger partial charge in [-0.1, -0.05) is 54.6 Å². The van der Waals surface area contributed by atoms with Gasteiger partial charge in [0, 0.05) is 11.1 Å². The van der Waals surface area contributed by atoms with Crippen LogP contribution in [0.3, 0.4) is 0 Å². The summed E-state index contributed by atoms with van der Waals surface area (Å²) >= 11 is 0. The minimum absolute atomic E-state index is 0.470. The van der Waals surface area contributed by atoms with Crippen LogP contribution in [0, 0.1) is 0 Å². The predicted octanol–water partition coefficient (Wildman–Crippen LogP) is 4.46. The van der Waals surface area contributed by atoms with E-state index in [9.17, 15) is 4.79 Å². The molecule has 1 atom stereocenters. The molecule has 0 bridgehead atoms. The van der Waals surface area contributed by atoms with Gasteiger partial charge in [0.05, 0.1) is 24.2 Å². The second kappa shape index (κ2) is 9.11. The standard InChI is InChI=1S/C24H23N4O2P/c1-2-30-24-26-21-9-5-6-18(15-29)22(21)28(24)14-16-10-12-17(13-11-16)19-7-3-4-8-20(19)23(25)27-31/h3-13,15H,2,14,31H2,1H3,(H2,25,27). The van der Waals surface area contributed by atoms with Crippen molar-refractivity contribution in [3.05, 3.63) is 83.4 Å². The molecule has 0 aliphatic carbocycles.